The Balaban J connectivity index is 1.57. The van der Waals surface area contributed by atoms with E-state index >= 15 is 0 Å². The fourth-order valence-electron chi connectivity index (χ4n) is 5.76. The highest BCUT2D eigenvalue weighted by Gasteiger charge is 2.71. The van der Waals surface area contributed by atoms with Gasteiger partial charge in [-0.05, 0) is 32.3 Å². The van der Waals surface area contributed by atoms with E-state index in [-0.39, 0.29) is 28.3 Å². The summed E-state index contributed by atoms with van der Waals surface area (Å²) in [4.78, 5) is 35.9. The number of aliphatic imine (C=N–C) groups is 1. The van der Waals surface area contributed by atoms with Crippen molar-refractivity contribution >= 4 is 23.0 Å². The summed E-state index contributed by atoms with van der Waals surface area (Å²) >= 11 is 0. The first-order valence-electron chi connectivity index (χ1n) is 10.3. The molecule has 2 saturated carbocycles. The summed E-state index contributed by atoms with van der Waals surface area (Å²) in [5.41, 5.74) is 1.93. The summed E-state index contributed by atoms with van der Waals surface area (Å²) in [6.07, 6.45) is 13.9. The smallest absolute Gasteiger partial charge is 0.275 e. The van der Waals surface area contributed by atoms with Crippen molar-refractivity contribution in [2.45, 2.75) is 45.2 Å². The van der Waals surface area contributed by atoms with Crippen LogP contribution in [-0.4, -0.2) is 39.7 Å². The van der Waals surface area contributed by atoms with E-state index in [1.54, 1.807) is 16.8 Å². The summed E-state index contributed by atoms with van der Waals surface area (Å²) in [6.45, 7) is 6.01. The molecule has 6 heteroatoms. The second-order valence-corrected chi connectivity index (χ2v) is 8.82. The molecule has 0 radical (unpaired) electrons. The first-order valence-corrected chi connectivity index (χ1v) is 10.3. The molecule has 2 aliphatic carbocycles. The van der Waals surface area contributed by atoms with E-state index in [1.165, 1.54) is 0 Å². The number of nitrogens with zero attached hydrogens (tertiary/aromatic N) is 3. The molecule has 3 aliphatic rings. The van der Waals surface area contributed by atoms with Crippen LogP contribution in [0, 0.1) is 17.8 Å². The average Bonchev–Trinajstić information content (AvgIpc) is 3.28. The van der Waals surface area contributed by atoms with E-state index in [4.69, 9.17) is 0 Å². The van der Waals surface area contributed by atoms with Crippen LogP contribution in [0.25, 0.3) is 10.9 Å². The first-order chi connectivity index (χ1) is 13.9. The normalized spacial score (nSPS) is 29.4. The third-order valence-electron chi connectivity index (χ3n) is 7.23. The summed E-state index contributed by atoms with van der Waals surface area (Å²) in [5.74, 6) is -0.0372. The first kappa shape index (κ1) is 18.2. The van der Waals surface area contributed by atoms with Crippen LogP contribution in [0.1, 0.15) is 41.7 Å². The molecule has 29 heavy (non-hydrogen) atoms. The third kappa shape index (κ3) is 2.38. The van der Waals surface area contributed by atoms with Crippen molar-refractivity contribution in [3.8, 4) is 0 Å². The number of aromatic nitrogens is 2. The van der Waals surface area contributed by atoms with Gasteiger partial charge in [-0.15, -0.1) is 6.58 Å². The maximum Gasteiger partial charge on any atom is 0.275 e. The molecule has 1 amide bonds. The minimum Gasteiger partial charge on any atom is -0.354 e. The van der Waals surface area contributed by atoms with Gasteiger partial charge in [0.25, 0.3) is 11.5 Å². The molecule has 3 unspecified atom stereocenters. The van der Waals surface area contributed by atoms with Crippen LogP contribution in [0.15, 0.2) is 47.0 Å². The average molecular weight is 390 g/mol. The molecule has 0 bridgehead atoms. The number of amides is 1. The molecule has 1 N–H and O–H groups in total. The molecule has 0 saturated heterocycles. The Morgan fingerprint density at radius 3 is 3.14 bits per heavy atom. The molecule has 3 atom stereocenters. The van der Waals surface area contributed by atoms with Gasteiger partial charge in [0, 0.05) is 60.2 Å². The van der Waals surface area contributed by atoms with Gasteiger partial charge >= 0.3 is 0 Å². The van der Waals surface area contributed by atoms with E-state index in [0.717, 1.165) is 31.4 Å². The minimum atomic E-state index is -0.129. The van der Waals surface area contributed by atoms with E-state index in [2.05, 4.69) is 28.8 Å². The molecule has 5 rings (SSSR count). The fourth-order valence-corrected chi connectivity index (χ4v) is 5.76. The van der Waals surface area contributed by atoms with Crippen LogP contribution < -0.4 is 5.56 Å². The van der Waals surface area contributed by atoms with Crippen molar-refractivity contribution < 1.29 is 4.79 Å². The van der Waals surface area contributed by atoms with Gasteiger partial charge in [0.15, 0.2) is 0 Å². The van der Waals surface area contributed by atoms with Crippen molar-refractivity contribution in [1.82, 2.24) is 14.5 Å². The Labute approximate surface area is 169 Å². The zero-order valence-corrected chi connectivity index (χ0v) is 16.9. The zero-order valence-electron chi connectivity index (χ0n) is 16.9. The summed E-state index contributed by atoms with van der Waals surface area (Å²) in [7, 11) is 1.91. The number of nitrogens with one attached hydrogen (secondary N) is 1. The Kier molecular flexibility index (Phi) is 3.79. The van der Waals surface area contributed by atoms with Gasteiger partial charge in [-0.3, -0.25) is 14.6 Å². The van der Waals surface area contributed by atoms with Crippen LogP contribution in [0.5, 0.6) is 0 Å². The highest BCUT2D eigenvalue weighted by Crippen LogP contribution is 2.72. The van der Waals surface area contributed by atoms with Gasteiger partial charge in [-0.2, -0.15) is 0 Å². The van der Waals surface area contributed by atoms with E-state index in [9.17, 15) is 9.59 Å². The molecule has 2 aromatic rings. The molecule has 150 valence electrons. The van der Waals surface area contributed by atoms with Crippen molar-refractivity contribution in [2.75, 3.05) is 7.05 Å². The van der Waals surface area contributed by atoms with Gasteiger partial charge in [-0.1, -0.05) is 18.6 Å². The van der Waals surface area contributed by atoms with E-state index in [1.807, 2.05) is 31.1 Å². The number of fused-ring (bicyclic) bond motifs is 1. The van der Waals surface area contributed by atoms with Crippen LogP contribution >= 0.6 is 0 Å². The lowest BCUT2D eigenvalue weighted by molar-refractivity contribution is 0.0613. The number of carbonyl (C=O) groups is 1. The molecular weight excluding hydrogens is 364 g/mol. The number of H-pyrrole nitrogens is 1. The second kappa shape index (κ2) is 6.05. The van der Waals surface area contributed by atoms with Crippen molar-refractivity contribution in [1.29, 1.82) is 0 Å². The number of hydrogen-bond donors (Lipinski definition) is 1. The Morgan fingerprint density at radius 2 is 2.34 bits per heavy atom. The molecule has 2 aromatic heterocycles. The number of hydrogen-bond acceptors (Lipinski definition) is 3. The van der Waals surface area contributed by atoms with Crippen LogP contribution in [-0.2, 0) is 6.54 Å². The van der Waals surface area contributed by atoms with Crippen molar-refractivity contribution in [3.63, 3.8) is 0 Å². The molecule has 2 fully saturated rings. The quantitative estimate of drug-likeness (QED) is 0.813. The topological polar surface area (TPSA) is 70.5 Å². The molecule has 0 aromatic carbocycles. The standard InChI is InChI=1S/C23H26N4O2/c1-4-10-27-12-17(16-11-15(2)25-19(16)21(27)29)20(28)26(3)18-6-5-7-22-13-23(18,22)8-9-24-14-22/h4,8-9,11-12,14,18,25H,1,5-7,10,13H2,2-3H3. The predicted molar refractivity (Wildman–Crippen MR) is 114 cm³/mol. The Bertz CT molecular complexity index is 1150. The molecular formula is C23H26N4O2. The number of allylic oxidation sites excluding steroid dienone is 1. The highest BCUT2D eigenvalue weighted by molar-refractivity contribution is 6.06. The molecule has 6 nitrogen and oxygen atoms in total. The maximum absolute atomic E-state index is 13.7. The summed E-state index contributed by atoms with van der Waals surface area (Å²) in [6, 6.07) is 2.03. The lowest BCUT2D eigenvalue weighted by Crippen LogP contribution is -2.47. The largest absolute Gasteiger partial charge is 0.354 e. The van der Waals surface area contributed by atoms with Gasteiger partial charge in [-0.25, -0.2) is 0 Å². The van der Waals surface area contributed by atoms with Gasteiger partial charge in [0.2, 0.25) is 0 Å². The lowest BCUT2D eigenvalue weighted by atomic mass is 9.75. The molecule has 1 aliphatic heterocycles. The summed E-state index contributed by atoms with van der Waals surface area (Å²) < 4.78 is 1.56. The van der Waals surface area contributed by atoms with Gasteiger partial charge in [0.05, 0.1) is 5.56 Å². The van der Waals surface area contributed by atoms with Gasteiger partial charge in [0.1, 0.15) is 5.52 Å². The third-order valence-corrected chi connectivity index (χ3v) is 7.23. The molecule has 0 spiro atoms. The van der Waals surface area contributed by atoms with Crippen LogP contribution in [0.3, 0.4) is 0 Å². The fraction of sp³-hybridized carbons (Fsp3) is 0.435. The zero-order chi connectivity index (χ0) is 20.4. The number of aromatic amines is 1. The van der Waals surface area contributed by atoms with Crippen molar-refractivity contribution in [2.24, 2.45) is 15.8 Å². The number of pyridine rings is 1. The predicted octanol–water partition coefficient (Wildman–Crippen LogP) is 3.42. The van der Waals surface area contributed by atoms with Crippen molar-refractivity contribution in [3.05, 3.63) is 58.8 Å². The van der Waals surface area contributed by atoms with Crippen LogP contribution in [0.4, 0.5) is 0 Å². The lowest BCUT2D eigenvalue weighted by Gasteiger charge is -2.40. The van der Waals surface area contributed by atoms with E-state index < -0.39 is 0 Å². The number of carbonyl (C=O) groups excluding carboxylic acids is 1. The number of aryl methyl sites for hydroxylation is 1. The number of rotatable bonds is 4. The second-order valence-electron chi connectivity index (χ2n) is 8.82. The Morgan fingerprint density at radius 1 is 1.52 bits per heavy atom. The van der Waals surface area contributed by atoms with Gasteiger partial charge < -0.3 is 14.5 Å². The highest BCUT2D eigenvalue weighted by atomic mass is 16.2. The summed E-state index contributed by atoms with van der Waals surface area (Å²) in [5, 5.41) is 0.695. The minimum absolute atomic E-state index is 0.0140. The van der Waals surface area contributed by atoms with Crippen LogP contribution in [0.2, 0.25) is 0 Å². The Hall–Kier alpha value is -2.89. The maximum atomic E-state index is 13.7. The molecule has 3 heterocycles. The van der Waals surface area contributed by atoms with E-state index in [0.29, 0.717) is 23.0 Å². The SMILES string of the molecule is C=CCn1cc(C(=O)N(C)C2CCCC34C=NC=CC23C4)c2cc(C)[nH]c2c1=O. The monoisotopic (exact) mass is 390 g/mol.